The van der Waals surface area contributed by atoms with E-state index in [1.54, 1.807) is 36.4 Å². The third kappa shape index (κ3) is 4.78. The molecule has 1 heterocycles. The maximum Gasteiger partial charge on any atom is 0.344 e. The summed E-state index contributed by atoms with van der Waals surface area (Å²) < 4.78 is 16.9. The summed E-state index contributed by atoms with van der Waals surface area (Å²) >= 11 is 5.99. The van der Waals surface area contributed by atoms with Crippen LogP contribution in [0.15, 0.2) is 82.0 Å². The van der Waals surface area contributed by atoms with E-state index >= 15 is 0 Å². The first-order valence-corrected chi connectivity index (χ1v) is 10.0. The Morgan fingerprint density at radius 1 is 1.00 bits per heavy atom. The molecule has 5 nitrogen and oxygen atoms in total. The van der Waals surface area contributed by atoms with Crippen LogP contribution in [-0.2, 0) is 16.1 Å². The first kappa shape index (κ1) is 20.7. The molecule has 156 valence electrons. The van der Waals surface area contributed by atoms with Gasteiger partial charge in [-0.3, -0.25) is 4.79 Å². The van der Waals surface area contributed by atoms with Crippen molar-refractivity contribution in [2.75, 3.05) is 6.61 Å². The molecule has 0 spiro atoms. The first-order chi connectivity index (χ1) is 15.0. The number of ether oxygens (including phenoxy) is 2. The van der Waals surface area contributed by atoms with Crippen molar-refractivity contribution in [2.24, 2.45) is 0 Å². The number of carbonyl (C=O) groups is 1. The lowest BCUT2D eigenvalue weighted by Crippen LogP contribution is -2.19. The SMILES string of the molecule is Cc1ccc2oc(-c3ccc(Cl)cc3)c(OCC(=O)OCc3ccccc3)c(=O)c2c1. The van der Waals surface area contributed by atoms with Gasteiger partial charge in [0.2, 0.25) is 11.2 Å². The van der Waals surface area contributed by atoms with E-state index in [-0.39, 0.29) is 23.5 Å². The van der Waals surface area contributed by atoms with Gasteiger partial charge in [-0.05, 0) is 48.9 Å². The number of rotatable bonds is 6. The number of benzene rings is 3. The average Bonchev–Trinajstić information content (AvgIpc) is 2.78. The minimum Gasteiger partial charge on any atom is -0.474 e. The van der Waals surface area contributed by atoms with Gasteiger partial charge in [0.15, 0.2) is 12.4 Å². The predicted octanol–water partition coefficient (Wildman–Crippen LogP) is 5.54. The van der Waals surface area contributed by atoms with Gasteiger partial charge in [-0.25, -0.2) is 4.79 Å². The van der Waals surface area contributed by atoms with Crippen molar-refractivity contribution in [1.82, 2.24) is 0 Å². The average molecular weight is 435 g/mol. The fourth-order valence-electron chi connectivity index (χ4n) is 3.13. The van der Waals surface area contributed by atoms with Crippen LogP contribution >= 0.6 is 11.6 Å². The molecule has 0 atom stereocenters. The lowest BCUT2D eigenvalue weighted by Gasteiger charge is -2.12. The van der Waals surface area contributed by atoms with Crippen LogP contribution < -0.4 is 10.2 Å². The van der Waals surface area contributed by atoms with Crippen molar-refractivity contribution in [3.8, 4) is 17.1 Å². The first-order valence-electron chi connectivity index (χ1n) is 9.67. The molecule has 0 aliphatic heterocycles. The summed E-state index contributed by atoms with van der Waals surface area (Å²) in [6.45, 7) is 1.58. The van der Waals surface area contributed by atoms with E-state index in [1.807, 2.05) is 43.3 Å². The van der Waals surface area contributed by atoms with Crippen LogP contribution in [0.4, 0.5) is 0 Å². The number of hydrogen-bond acceptors (Lipinski definition) is 5. The van der Waals surface area contributed by atoms with E-state index in [4.69, 9.17) is 25.5 Å². The molecule has 1 aromatic heterocycles. The fraction of sp³-hybridized carbons (Fsp3) is 0.120. The molecule has 0 saturated carbocycles. The van der Waals surface area contributed by atoms with Gasteiger partial charge in [0, 0.05) is 10.6 Å². The number of fused-ring (bicyclic) bond motifs is 1. The zero-order valence-corrected chi connectivity index (χ0v) is 17.5. The number of aryl methyl sites for hydroxylation is 1. The number of halogens is 1. The van der Waals surface area contributed by atoms with E-state index in [1.165, 1.54) is 0 Å². The minimum absolute atomic E-state index is 0.0444. The molecule has 0 unspecified atom stereocenters. The molecule has 0 amide bonds. The van der Waals surface area contributed by atoms with E-state index in [2.05, 4.69) is 0 Å². The van der Waals surface area contributed by atoms with Gasteiger partial charge >= 0.3 is 5.97 Å². The second kappa shape index (κ2) is 9.06. The zero-order chi connectivity index (χ0) is 21.8. The van der Waals surface area contributed by atoms with Crippen molar-refractivity contribution >= 4 is 28.5 Å². The third-order valence-electron chi connectivity index (χ3n) is 4.69. The van der Waals surface area contributed by atoms with Crippen LogP contribution in [0.25, 0.3) is 22.3 Å². The maximum atomic E-state index is 13.2. The molecule has 31 heavy (non-hydrogen) atoms. The number of esters is 1. The monoisotopic (exact) mass is 434 g/mol. The maximum absolute atomic E-state index is 13.2. The Morgan fingerprint density at radius 3 is 2.48 bits per heavy atom. The normalized spacial score (nSPS) is 10.8. The topological polar surface area (TPSA) is 65.7 Å². The smallest absolute Gasteiger partial charge is 0.344 e. The number of carbonyl (C=O) groups excluding carboxylic acids is 1. The Labute approximate surface area is 183 Å². The fourth-order valence-corrected chi connectivity index (χ4v) is 3.25. The van der Waals surface area contributed by atoms with Gasteiger partial charge in [-0.1, -0.05) is 53.6 Å². The summed E-state index contributed by atoms with van der Waals surface area (Å²) in [5.41, 5.74) is 2.45. The molecule has 0 saturated heterocycles. The van der Waals surface area contributed by atoms with E-state index in [0.717, 1.165) is 11.1 Å². The molecule has 0 radical (unpaired) electrons. The van der Waals surface area contributed by atoms with Crippen molar-refractivity contribution in [3.05, 3.63) is 99.2 Å². The molecule has 0 bridgehead atoms. The van der Waals surface area contributed by atoms with Crippen LogP contribution in [-0.4, -0.2) is 12.6 Å². The van der Waals surface area contributed by atoms with Crippen LogP contribution in [0, 0.1) is 6.92 Å². The summed E-state index contributed by atoms with van der Waals surface area (Å²) in [5, 5.41) is 0.930. The predicted molar refractivity (Wildman–Crippen MR) is 119 cm³/mol. The summed E-state index contributed by atoms with van der Waals surface area (Å²) in [6, 6.07) is 21.5. The van der Waals surface area contributed by atoms with Crippen LogP contribution in [0.3, 0.4) is 0 Å². The Morgan fingerprint density at radius 2 is 1.74 bits per heavy atom. The van der Waals surface area contributed by atoms with Gasteiger partial charge in [-0.2, -0.15) is 0 Å². The van der Waals surface area contributed by atoms with Crippen LogP contribution in [0.2, 0.25) is 5.02 Å². The lowest BCUT2D eigenvalue weighted by molar-refractivity contribution is -0.147. The Balaban J connectivity index is 1.63. The molecular formula is C25H19ClO5. The molecule has 0 N–H and O–H groups in total. The Bertz CT molecular complexity index is 1280. The molecule has 4 aromatic rings. The van der Waals surface area contributed by atoms with Gasteiger partial charge in [0.25, 0.3) is 0 Å². The highest BCUT2D eigenvalue weighted by Gasteiger charge is 2.19. The van der Waals surface area contributed by atoms with Gasteiger partial charge in [0.05, 0.1) is 5.39 Å². The largest absolute Gasteiger partial charge is 0.474 e. The lowest BCUT2D eigenvalue weighted by atomic mass is 10.1. The summed E-state index contributed by atoms with van der Waals surface area (Å²) in [6.07, 6.45) is 0. The highest BCUT2D eigenvalue weighted by Crippen LogP contribution is 2.32. The van der Waals surface area contributed by atoms with Gasteiger partial charge < -0.3 is 13.9 Å². The summed E-state index contributed by atoms with van der Waals surface area (Å²) in [4.78, 5) is 25.4. The number of hydrogen-bond donors (Lipinski definition) is 0. The van der Waals surface area contributed by atoms with E-state index < -0.39 is 12.6 Å². The second-order valence-corrected chi connectivity index (χ2v) is 7.47. The quantitative estimate of drug-likeness (QED) is 0.372. The van der Waals surface area contributed by atoms with Crippen molar-refractivity contribution in [1.29, 1.82) is 0 Å². The van der Waals surface area contributed by atoms with Crippen LogP contribution in [0.1, 0.15) is 11.1 Å². The third-order valence-corrected chi connectivity index (χ3v) is 4.94. The summed E-state index contributed by atoms with van der Waals surface area (Å²) in [5.74, 6) is -0.402. The summed E-state index contributed by atoms with van der Waals surface area (Å²) in [7, 11) is 0. The van der Waals surface area contributed by atoms with Crippen molar-refractivity contribution in [3.63, 3.8) is 0 Å². The Kier molecular flexibility index (Phi) is 6.05. The highest BCUT2D eigenvalue weighted by molar-refractivity contribution is 6.30. The standard InChI is InChI=1S/C25H19ClO5/c1-16-7-12-21-20(13-16)23(28)25(24(31-21)18-8-10-19(26)11-9-18)30-15-22(27)29-14-17-5-3-2-4-6-17/h2-13H,14-15H2,1H3. The molecular weight excluding hydrogens is 416 g/mol. The minimum atomic E-state index is -0.588. The van der Waals surface area contributed by atoms with E-state index in [0.29, 0.717) is 21.6 Å². The van der Waals surface area contributed by atoms with Crippen LogP contribution in [0.5, 0.6) is 5.75 Å². The molecule has 6 heteroatoms. The molecule has 0 fully saturated rings. The zero-order valence-electron chi connectivity index (χ0n) is 16.8. The van der Waals surface area contributed by atoms with Gasteiger partial charge in [0.1, 0.15) is 12.2 Å². The highest BCUT2D eigenvalue weighted by atomic mass is 35.5. The van der Waals surface area contributed by atoms with E-state index in [9.17, 15) is 9.59 Å². The molecule has 0 aliphatic carbocycles. The van der Waals surface area contributed by atoms with Crippen molar-refractivity contribution < 1.29 is 18.7 Å². The molecule has 3 aromatic carbocycles. The molecule has 0 aliphatic rings. The van der Waals surface area contributed by atoms with Crippen molar-refractivity contribution in [2.45, 2.75) is 13.5 Å². The Hall–Kier alpha value is -3.57. The second-order valence-electron chi connectivity index (χ2n) is 7.03. The molecule has 4 rings (SSSR count). The van der Waals surface area contributed by atoms with Gasteiger partial charge in [-0.15, -0.1) is 0 Å².